The lowest BCUT2D eigenvalue weighted by Gasteiger charge is -2.31. The van der Waals surface area contributed by atoms with E-state index < -0.39 is 0 Å². The highest BCUT2D eigenvalue weighted by molar-refractivity contribution is 7.99. The predicted octanol–water partition coefficient (Wildman–Crippen LogP) is 4.76. The molecule has 4 aromatic rings. The lowest BCUT2D eigenvalue weighted by Crippen LogP contribution is -2.53. The fourth-order valence-electron chi connectivity index (χ4n) is 3.93. The number of amidine groups is 1. The number of nitrogens with one attached hydrogen (secondary N) is 3. The first kappa shape index (κ1) is 23.1. The van der Waals surface area contributed by atoms with E-state index in [-0.39, 0.29) is 12.9 Å². The molecule has 1 unspecified atom stereocenters. The molecule has 0 saturated heterocycles. The molecule has 0 bridgehead atoms. The zero-order valence-electron chi connectivity index (χ0n) is 19.2. The van der Waals surface area contributed by atoms with Crippen LogP contribution in [0.1, 0.15) is 22.3 Å². The van der Waals surface area contributed by atoms with Crippen LogP contribution in [-0.2, 0) is 19.7 Å². The Labute approximate surface area is 209 Å². The van der Waals surface area contributed by atoms with Gasteiger partial charge in [0.25, 0.3) is 0 Å². The second-order valence-electron chi connectivity index (χ2n) is 8.14. The van der Waals surface area contributed by atoms with Gasteiger partial charge in [-0.3, -0.25) is 15.3 Å². The molecule has 3 aromatic carbocycles. The van der Waals surface area contributed by atoms with Gasteiger partial charge in [-0.05, 0) is 53.1 Å². The molecule has 0 spiro atoms. The summed E-state index contributed by atoms with van der Waals surface area (Å²) >= 11 is 1.68. The fourth-order valence-corrected chi connectivity index (χ4v) is 4.99. The van der Waals surface area contributed by atoms with E-state index in [1.165, 1.54) is 5.56 Å². The standard InChI is InChI=1S/C28H27N5OS/c34-19-22-8-2-6-12-26(22)35-25-11-5-1-7-21(25)18-31-28-32-24-10-4-3-9-23(24)27(33-28)30-17-20-13-15-29-16-14-20/h1-16,28,31-32,34H,17-19H2,(H,30,33). The van der Waals surface area contributed by atoms with E-state index in [1.54, 1.807) is 24.2 Å². The van der Waals surface area contributed by atoms with Crippen LogP contribution in [0.15, 0.2) is 112 Å². The van der Waals surface area contributed by atoms with Crippen molar-refractivity contribution in [3.05, 3.63) is 120 Å². The van der Waals surface area contributed by atoms with Crippen molar-refractivity contribution in [1.82, 2.24) is 15.6 Å². The largest absolute Gasteiger partial charge is 0.392 e. The summed E-state index contributed by atoms with van der Waals surface area (Å²) in [5, 5.41) is 20.3. The Hall–Kier alpha value is -3.65. The molecule has 7 heteroatoms. The van der Waals surface area contributed by atoms with Crippen LogP contribution in [0.2, 0.25) is 0 Å². The minimum atomic E-state index is -0.177. The van der Waals surface area contributed by atoms with Gasteiger partial charge in [0.2, 0.25) is 0 Å². The molecule has 0 saturated carbocycles. The number of benzene rings is 3. The number of rotatable bonds is 8. The number of hydrogen-bond donors (Lipinski definition) is 4. The molecule has 1 aliphatic heterocycles. The summed E-state index contributed by atoms with van der Waals surface area (Å²) in [4.78, 5) is 11.2. The average Bonchev–Trinajstić information content (AvgIpc) is 2.92. The third-order valence-electron chi connectivity index (χ3n) is 5.76. The lowest BCUT2D eigenvalue weighted by atomic mass is 10.1. The topological polar surface area (TPSA) is 81.6 Å². The van der Waals surface area contributed by atoms with Crippen LogP contribution in [0.4, 0.5) is 5.69 Å². The zero-order chi connectivity index (χ0) is 23.9. The smallest absolute Gasteiger partial charge is 0.154 e. The van der Waals surface area contributed by atoms with E-state index in [4.69, 9.17) is 4.99 Å². The van der Waals surface area contributed by atoms with Crippen molar-refractivity contribution < 1.29 is 5.11 Å². The molecule has 1 atom stereocenters. The maximum absolute atomic E-state index is 9.70. The Morgan fingerprint density at radius 1 is 0.829 bits per heavy atom. The maximum Gasteiger partial charge on any atom is 0.154 e. The van der Waals surface area contributed by atoms with Crippen LogP contribution >= 0.6 is 11.8 Å². The summed E-state index contributed by atoms with van der Waals surface area (Å²) < 4.78 is 0. The number of aliphatic hydroxyl groups is 1. The van der Waals surface area contributed by atoms with Gasteiger partial charge < -0.3 is 15.7 Å². The van der Waals surface area contributed by atoms with Gasteiger partial charge >= 0.3 is 0 Å². The summed E-state index contributed by atoms with van der Waals surface area (Å²) in [6, 6.07) is 28.5. The summed E-state index contributed by atoms with van der Waals surface area (Å²) in [5.41, 5.74) is 5.32. The minimum Gasteiger partial charge on any atom is -0.392 e. The van der Waals surface area contributed by atoms with Crippen molar-refractivity contribution in [2.24, 2.45) is 4.99 Å². The normalized spacial score (nSPS) is 15.8. The molecule has 0 aliphatic carbocycles. The van der Waals surface area contributed by atoms with Crippen LogP contribution < -0.4 is 16.0 Å². The zero-order valence-corrected chi connectivity index (χ0v) is 20.0. The fraction of sp³-hybridized carbons (Fsp3) is 0.143. The summed E-state index contributed by atoms with van der Waals surface area (Å²) in [5.74, 6) is 0.855. The molecule has 4 N–H and O–H groups in total. The van der Waals surface area contributed by atoms with Gasteiger partial charge in [-0.1, -0.05) is 60.3 Å². The number of nitrogens with zero attached hydrogens (tertiary/aromatic N) is 2. The van der Waals surface area contributed by atoms with Gasteiger partial charge in [-0.2, -0.15) is 0 Å². The average molecular weight is 482 g/mol. The molecule has 176 valence electrons. The Kier molecular flexibility index (Phi) is 7.38. The number of hydrogen-bond acceptors (Lipinski definition) is 6. The van der Waals surface area contributed by atoms with E-state index in [0.717, 1.165) is 38.0 Å². The highest BCUT2D eigenvalue weighted by Gasteiger charge is 2.21. The molecule has 0 amide bonds. The Bertz CT molecular complexity index is 1310. The molecule has 2 heterocycles. The molecule has 1 aromatic heterocycles. The Morgan fingerprint density at radius 3 is 2.31 bits per heavy atom. The van der Waals surface area contributed by atoms with Crippen molar-refractivity contribution in [3.8, 4) is 0 Å². The maximum atomic E-state index is 9.70. The minimum absolute atomic E-state index is 0.0283. The van der Waals surface area contributed by atoms with Crippen molar-refractivity contribution in [2.45, 2.75) is 35.8 Å². The lowest BCUT2D eigenvalue weighted by molar-refractivity contribution is 0.279. The predicted molar refractivity (Wildman–Crippen MR) is 141 cm³/mol. The molecular weight excluding hydrogens is 454 g/mol. The summed E-state index contributed by atoms with van der Waals surface area (Å²) in [6.45, 7) is 1.27. The molecule has 1 aliphatic rings. The van der Waals surface area contributed by atoms with Crippen LogP contribution in [0.5, 0.6) is 0 Å². The van der Waals surface area contributed by atoms with E-state index >= 15 is 0 Å². The van der Waals surface area contributed by atoms with E-state index in [0.29, 0.717) is 13.1 Å². The second kappa shape index (κ2) is 11.2. The Morgan fingerprint density at radius 2 is 1.51 bits per heavy atom. The first-order valence-corrected chi connectivity index (χ1v) is 12.4. The molecule has 6 nitrogen and oxygen atoms in total. The molecule has 0 radical (unpaired) electrons. The number of aliphatic imine (C=N–C) groups is 1. The number of pyridine rings is 1. The number of aliphatic hydroxyl groups excluding tert-OH is 1. The first-order chi connectivity index (χ1) is 17.3. The number of fused-ring (bicyclic) bond motifs is 1. The molecule has 0 fully saturated rings. The second-order valence-corrected chi connectivity index (χ2v) is 9.23. The number of aromatic nitrogens is 1. The van der Waals surface area contributed by atoms with E-state index in [1.807, 2.05) is 54.6 Å². The van der Waals surface area contributed by atoms with E-state index in [2.05, 4.69) is 51.3 Å². The van der Waals surface area contributed by atoms with Gasteiger partial charge in [0, 0.05) is 40.0 Å². The summed E-state index contributed by atoms with van der Waals surface area (Å²) in [6.07, 6.45) is 3.40. The van der Waals surface area contributed by atoms with Gasteiger partial charge in [-0.15, -0.1) is 0 Å². The number of para-hydroxylation sites is 1. The van der Waals surface area contributed by atoms with Crippen molar-refractivity contribution in [1.29, 1.82) is 0 Å². The number of anilines is 1. The van der Waals surface area contributed by atoms with Crippen LogP contribution in [0, 0.1) is 0 Å². The molecule has 35 heavy (non-hydrogen) atoms. The van der Waals surface area contributed by atoms with Gasteiger partial charge in [-0.25, -0.2) is 0 Å². The van der Waals surface area contributed by atoms with Crippen LogP contribution in [0.3, 0.4) is 0 Å². The van der Waals surface area contributed by atoms with Crippen molar-refractivity contribution in [2.75, 3.05) is 5.32 Å². The highest BCUT2D eigenvalue weighted by atomic mass is 32.2. The third kappa shape index (κ3) is 5.71. The Balaban J connectivity index is 1.31. The van der Waals surface area contributed by atoms with Crippen LogP contribution in [-0.4, -0.2) is 22.2 Å². The van der Waals surface area contributed by atoms with Gasteiger partial charge in [0.15, 0.2) is 6.29 Å². The highest BCUT2D eigenvalue weighted by Crippen LogP contribution is 2.33. The van der Waals surface area contributed by atoms with Gasteiger partial charge in [0.05, 0.1) is 13.2 Å². The van der Waals surface area contributed by atoms with Crippen molar-refractivity contribution >= 4 is 23.3 Å². The SMILES string of the molecule is OCc1ccccc1Sc1ccccc1CNC1NC(=NCc2ccncc2)c2ccccc2N1. The van der Waals surface area contributed by atoms with Gasteiger partial charge in [0.1, 0.15) is 5.84 Å². The molecule has 5 rings (SSSR count). The first-order valence-electron chi connectivity index (χ1n) is 11.5. The summed E-state index contributed by atoms with van der Waals surface area (Å²) in [7, 11) is 0. The van der Waals surface area contributed by atoms with E-state index in [9.17, 15) is 5.11 Å². The quantitative estimate of drug-likeness (QED) is 0.291. The monoisotopic (exact) mass is 481 g/mol. The van der Waals surface area contributed by atoms with Crippen molar-refractivity contribution in [3.63, 3.8) is 0 Å². The molecular formula is C28H27N5OS. The van der Waals surface area contributed by atoms with Crippen LogP contribution in [0.25, 0.3) is 0 Å². The third-order valence-corrected chi connectivity index (χ3v) is 7.00.